The van der Waals surface area contributed by atoms with Crippen LogP contribution in [0.3, 0.4) is 0 Å². The maximum Gasteiger partial charge on any atom is 0.410 e. The number of alkyl carbamates (subject to hydrolysis) is 1. The van der Waals surface area contributed by atoms with E-state index in [0.717, 1.165) is 12.1 Å². The van der Waals surface area contributed by atoms with Gasteiger partial charge in [0, 0.05) is 12.2 Å². The highest BCUT2D eigenvalue weighted by molar-refractivity contribution is 5.70. The molecule has 2 amide bonds. The minimum absolute atomic E-state index is 0.285. The normalized spacial score (nSPS) is 20.8. The summed E-state index contributed by atoms with van der Waals surface area (Å²) in [6, 6.07) is 5.65. The minimum Gasteiger partial charge on any atom is -0.453 e. The van der Waals surface area contributed by atoms with Crippen LogP contribution in [0, 0.1) is 6.92 Å². The largest absolute Gasteiger partial charge is 0.453 e. The van der Waals surface area contributed by atoms with Crippen LogP contribution in [0.5, 0.6) is 0 Å². The molecule has 0 bridgehead atoms. The molecule has 25 heavy (non-hydrogen) atoms. The van der Waals surface area contributed by atoms with E-state index < -0.39 is 23.3 Å². The van der Waals surface area contributed by atoms with E-state index in [9.17, 15) is 9.59 Å². The number of aromatic nitrogens is 1. The Bertz CT molecular complexity index is 641. The molecule has 2 rings (SSSR count). The Labute approximate surface area is 148 Å². The van der Waals surface area contributed by atoms with Gasteiger partial charge in [0.05, 0.1) is 19.3 Å². The van der Waals surface area contributed by atoms with Crippen molar-refractivity contribution in [2.24, 2.45) is 0 Å². The van der Waals surface area contributed by atoms with Crippen molar-refractivity contribution >= 4 is 12.2 Å². The quantitative estimate of drug-likeness (QED) is 0.888. The summed E-state index contributed by atoms with van der Waals surface area (Å²) in [5, 5.41) is 2.90. The predicted octanol–water partition coefficient (Wildman–Crippen LogP) is 2.97. The first kappa shape index (κ1) is 19.0. The van der Waals surface area contributed by atoms with Crippen LogP contribution in [0.2, 0.25) is 0 Å². The van der Waals surface area contributed by atoms with Crippen LogP contribution in [0.25, 0.3) is 0 Å². The van der Waals surface area contributed by atoms with Crippen LogP contribution in [-0.2, 0) is 15.0 Å². The Morgan fingerprint density at radius 2 is 2.04 bits per heavy atom. The number of ether oxygens (including phenoxy) is 2. The maximum atomic E-state index is 12.5. The van der Waals surface area contributed by atoms with Crippen LogP contribution in [0.15, 0.2) is 18.2 Å². The number of hydrogen-bond acceptors (Lipinski definition) is 5. The molecular formula is C18H27N3O4. The smallest absolute Gasteiger partial charge is 0.410 e. The Kier molecular flexibility index (Phi) is 5.55. The highest BCUT2D eigenvalue weighted by Crippen LogP contribution is 2.31. The van der Waals surface area contributed by atoms with Gasteiger partial charge in [0.1, 0.15) is 11.1 Å². The number of carbonyl (C=O) groups is 2. The number of nitrogens with one attached hydrogen (secondary N) is 1. The fraction of sp³-hybridized carbons (Fsp3) is 0.611. The number of pyridine rings is 1. The molecule has 1 aromatic heterocycles. The third-order valence-corrected chi connectivity index (χ3v) is 4.05. The Morgan fingerprint density at radius 3 is 2.64 bits per heavy atom. The van der Waals surface area contributed by atoms with Gasteiger partial charge in [0.2, 0.25) is 0 Å². The lowest BCUT2D eigenvalue weighted by molar-refractivity contribution is 0.00973. The van der Waals surface area contributed by atoms with E-state index >= 15 is 0 Å². The fourth-order valence-corrected chi connectivity index (χ4v) is 2.97. The second-order valence-corrected chi connectivity index (χ2v) is 7.37. The van der Waals surface area contributed by atoms with Gasteiger partial charge in [0.15, 0.2) is 0 Å². The Hall–Kier alpha value is -2.31. The summed E-state index contributed by atoms with van der Waals surface area (Å²) in [5.74, 6) is 0. The molecule has 0 spiro atoms. The molecule has 1 aliphatic rings. The number of hydrogen-bond donors (Lipinski definition) is 1. The zero-order valence-electron chi connectivity index (χ0n) is 15.6. The van der Waals surface area contributed by atoms with Crippen molar-refractivity contribution in [1.29, 1.82) is 0 Å². The second kappa shape index (κ2) is 7.29. The number of likely N-dealkylation sites (tertiary alicyclic amines) is 1. The first-order chi connectivity index (χ1) is 11.6. The van der Waals surface area contributed by atoms with Gasteiger partial charge in [-0.05, 0) is 52.7 Å². The molecule has 1 N–H and O–H groups in total. The topological polar surface area (TPSA) is 80.8 Å². The second-order valence-electron chi connectivity index (χ2n) is 7.37. The Balaban J connectivity index is 2.32. The molecule has 1 atom stereocenters. The molecule has 2 heterocycles. The zero-order chi connectivity index (χ0) is 18.7. The Morgan fingerprint density at radius 1 is 1.32 bits per heavy atom. The molecule has 1 saturated heterocycles. The number of methoxy groups -OCH3 is 1. The van der Waals surface area contributed by atoms with Crippen molar-refractivity contribution in [2.45, 2.75) is 51.7 Å². The number of amides is 2. The molecule has 1 unspecified atom stereocenters. The molecule has 1 aliphatic heterocycles. The molecule has 0 radical (unpaired) electrons. The molecule has 0 aliphatic carbocycles. The molecule has 138 valence electrons. The molecule has 7 heteroatoms. The van der Waals surface area contributed by atoms with E-state index in [1.165, 1.54) is 7.11 Å². The molecule has 0 saturated carbocycles. The van der Waals surface area contributed by atoms with Gasteiger partial charge >= 0.3 is 12.2 Å². The average Bonchev–Trinajstić information content (AvgIpc) is 2.53. The predicted molar refractivity (Wildman–Crippen MR) is 93.2 cm³/mol. The lowest BCUT2D eigenvalue weighted by atomic mass is 9.85. The van der Waals surface area contributed by atoms with Crippen LogP contribution in [0.4, 0.5) is 9.59 Å². The zero-order valence-corrected chi connectivity index (χ0v) is 15.6. The summed E-state index contributed by atoms with van der Waals surface area (Å²) in [6.45, 7) is 8.24. The summed E-state index contributed by atoms with van der Waals surface area (Å²) in [4.78, 5) is 30.6. The van der Waals surface area contributed by atoms with Crippen LogP contribution < -0.4 is 5.32 Å². The SMILES string of the molecule is COC(=O)NC1(c2cccc(C)n2)CCCN(C(=O)OC(C)(C)C)C1. The van der Waals surface area contributed by atoms with Crippen molar-refractivity contribution in [3.05, 3.63) is 29.6 Å². The van der Waals surface area contributed by atoms with Gasteiger partial charge in [-0.2, -0.15) is 0 Å². The summed E-state index contributed by atoms with van der Waals surface area (Å²) < 4.78 is 10.3. The molecular weight excluding hydrogens is 322 g/mol. The monoisotopic (exact) mass is 349 g/mol. The molecule has 1 fully saturated rings. The van der Waals surface area contributed by atoms with Gasteiger partial charge in [-0.25, -0.2) is 9.59 Å². The fourth-order valence-electron chi connectivity index (χ4n) is 2.97. The van der Waals surface area contributed by atoms with Gasteiger partial charge in [-0.1, -0.05) is 6.07 Å². The summed E-state index contributed by atoms with van der Waals surface area (Å²) in [5.41, 5.74) is 0.187. The molecule has 1 aromatic rings. The van der Waals surface area contributed by atoms with Crippen LogP contribution in [-0.4, -0.2) is 47.9 Å². The van der Waals surface area contributed by atoms with Crippen molar-refractivity contribution in [3.8, 4) is 0 Å². The molecule has 7 nitrogen and oxygen atoms in total. The summed E-state index contributed by atoms with van der Waals surface area (Å²) >= 11 is 0. The first-order valence-electron chi connectivity index (χ1n) is 8.43. The van der Waals surface area contributed by atoms with E-state index in [4.69, 9.17) is 9.47 Å². The highest BCUT2D eigenvalue weighted by atomic mass is 16.6. The van der Waals surface area contributed by atoms with Crippen molar-refractivity contribution in [2.75, 3.05) is 20.2 Å². The highest BCUT2D eigenvalue weighted by Gasteiger charge is 2.42. The lowest BCUT2D eigenvalue weighted by Crippen LogP contribution is -2.58. The maximum absolute atomic E-state index is 12.5. The average molecular weight is 349 g/mol. The number of carbonyl (C=O) groups excluding carboxylic acids is 2. The summed E-state index contributed by atoms with van der Waals surface area (Å²) in [6.07, 6.45) is 0.446. The van der Waals surface area contributed by atoms with E-state index in [-0.39, 0.29) is 6.54 Å². The van der Waals surface area contributed by atoms with E-state index in [2.05, 4.69) is 10.3 Å². The standard InChI is InChI=1S/C18H27N3O4/c1-13-8-6-9-14(19-13)18(20-15(22)24-5)10-7-11-21(12-18)16(23)25-17(2,3)4/h6,8-9H,7,10-12H2,1-5H3,(H,20,22). The van der Waals surface area contributed by atoms with Crippen molar-refractivity contribution in [1.82, 2.24) is 15.2 Å². The van der Waals surface area contributed by atoms with Crippen molar-refractivity contribution < 1.29 is 19.1 Å². The first-order valence-corrected chi connectivity index (χ1v) is 8.43. The van der Waals surface area contributed by atoms with Gasteiger partial charge in [0.25, 0.3) is 0 Å². The number of rotatable bonds is 2. The molecule has 0 aromatic carbocycles. The van der Waals surface area contributed by atoms with E-state index in [0.29, 0.717) is 18.7 Å². The van der Waals surface area contributed by atoms with Crippen molar-refractivity contribution in [3.63, 3.8) is 0 Å². The number of piperidine rings is 1. The third-order valence-electron chi connectivity index (χ3n) is 4.05. The number of aryl methyl sites for hydroxylation is 1. The van der Waals surface area contributed by atoms with E-state index in [1.807, 2.05) is 45.9 Å². The number of nitrogens with zero attached hydrogens (tertiary/aromatic N) is 2. The van der Waals surface area contributed by atoms with Gasteiger partial charge in [-0.15, -0.1) is 0 Å². The minimum atomic E-state index is -0.797. The third kappa shape index (κ3) is 4.84. The van der Waals surface area contributed by atoms with Crippen LogP contribution in [0.1, 0.15) is 45.0 Å². The van der Waals surface area contributed by atoms with E-state index in [1.54, 1.807) is 4.90 Å². The van der Waals surface area contributed by atoms with Gasteiger partial charge in [-0.3, -0.25) is 4.98 Å². The van der Waals surface area contributed by atoms with Gasteiger partial charge < -0.3 is 19.7 Å². The summed E-state index contributed by atoms with van der Waals surface area (Å²) in [7, 11) is 1.32. The lowest BCUT2D eigenvalue weighted by Gasteiger charge is -2.42. The van der Waals surface area contributed by atoms with Crippen LogP contribution >= 0.6 is 0 Å².